The number of ketones is 1. The van der Waals surface area contributed by atoms with E-state index in [4.69, 9.17) is 5.73 Å². The molecule has 2 atom stereocenters. The molecule has 4 heteroatoms. The molecule has 1 fully saturated rings. The van der Waals surface area contributed by atoms with Gasteiger partial charge < -0.3 is 10.8 Å². The first kappa shape index (κ1) is 10.2. The van der Waals surface area contributed by atoms with Crippen molar-refractivity contribution in [1.82, 2.24) is 0 Å². The van der Waals surface area contributed by atoms with Gasteiger partial charge >= 0.3 is 0 Å². The molecule has 2 unspecified atom stereocenters. The molecule has 74 valence electrons. The first-order chi connectivity index (χ1) is 5.88. The van der Waals surface area contributed by atoms with Crippen LogP contribution in [0.15, 0.2) is 4.99 Å². The molecule has 0 spiro atoms. The number of nitrogens with zero attached hydrogens (tertiary/aromatic N) is 1. The summed E-state index contributed by atoms with van der Waals surface area (Å²) in [6.45, 7) is 5.20. The summed E-state index contributed by atoms with van der Waals surface area (Å²) in [7, 11) is 0. The number of carbonyl (C=O) groups is 1. The molecule has 0 bridgehead atoms. The van der Waals surface area contributed by atoms with Gasteiger partial charge in [-0.1, -0.05) is 13.8 Å². The van der Waals surface area contributed by atoms with Gasteiger partial charge in [-0.3, -0.25) is 9.79 Å². The average molecular weight is 184 g/mol. The molecular formula is C9H16N2O2. The Hall–Kier alpha value is -0.900. The number of Topliss-reactive ketones (excluding diaryl/α,β-unsaturated/α-hetero) is 1. The number of hydrogen-bond donors (Lipinski definition) is 2. The fourth-order valence-corrected chi connectivity index (χ4v) is 1.40. The average Bonchev–Trinajstić information content (AvgIpc) is 2.60. The molecule has 4 nitrogen and oxygen atoms in total. The lowest BCUT2D eigenvalue weighted by molar-refractivity contribution is -0.132. The third-order valence-electron chi connectivity index (χ3n) is 2.21. The monoisotopic (exact) mass is 184 g/mol. The third kappa shape index (κ3) is 1.88. The van der Waals surface area contributed by atoms with Gasteiger partial charge in [0.25, 0.3) is 0 Å². The molecule has 0 amide bonds. The minimum Gasteiger partial charge on any atom is -0.388 e. The van der Waals surface area contributed by atoms with Crippen LogP contribution in [0.5, 0.6) is 0 Å². The second-order valence-electron chi connectivity index (χ2n) is 3.93. The van der Waals surface area contributed by atoms with Crippen LogP contribution < -0.4 is 5.73 Å². The summed E-state index contributed by atoms with van der Waals surface area (Å²) in [5.41, 5.74) is 4.13. The smallest absolute Gasteiger partial charge is 0.169 e. The largest absolute Gasteiger partial charge is 0.388 e. The molecule has 0 aromatic heterocycles. The van der Waals surface area contributed by atoms with Gasteiger partial charge in [-0.25, -0.2) is 0 Å². The lowest BCUT2D eigenvalue weighted by Gasteiger charge is -2.09. The van der Waals surface area contributed by atoms with E-state index in [0.29, 0.717) is 12.3 Å². The zero-order chi connectivity index (χ0) is 10.2. The first-order valence-electron chi connectivity index (χ1n) is 4.44. The number of nitrogens with two attached hydrogens (primary N) is 1. The summed E-state index contributed by atoms with van der Waals surface area (Å²) in [6.07, 6.45) is 0.415. The predicted octanol–water partition coefficient (Wildman–Crippen LogP) is 0.0920. The Balaban J connectivity index is 2.65. The van der Waals surface area contributed by atoms with Crippen LogP contribution in [-0.2, 0) is 4.79 Å². The van der Waals surface area contributed by atoms with Crippen LogP contribution >= 0.6 is 0 Å². The van der Waals surface area contributed by atoms with Crippen molar-refractivity contribution in [2.24, 2.45) is 16.6 Å². The van der Waals surface area contributed by atoms with Crippen molar-refractivity contribution in [2.45, 2.75) is 38.8 Å². The molecule has 13 heavy (non-hydrogen) atoms. The normalized spacial score (nSPS) is 33.6. The van der Waals surface area contributed by atoms with Crippen molar-refractivity contribution >= 4 is 11.6 Å². The Labute approximate surface area is 77.8 Å². The van der Waals surface area contributed by atoms with Crippen LogP contribution in [0.25, 0.3) is 0 Å². The summed E-state index contributed by atoms with van der Waals surface area (Å²) in [6, 6.07) is -0.313. The van der Waals surface area contributed by atoms with E-state index in [1.807, 2.05) is 0 Å². The number of rotatable bonds is 3. The highest BCUT2D eigenvalue weighted by atomic mass is 16.3. The first-order valence-corrected chi connectivity index (χ1v) is 4.44. The van der Waals surface area contributed by atoms with E-state index in [2.05, 4.69) is 4.99 Å². The van der Waals surface area contributed by atoms with Gasteiger partial charge in [-0.05, 0) is 6.92 Å². The number of carbonyl (C=O) groups excluding carboxylic acids is 1. The van der Waals surface area contributed by atoms with E-state index in [9.17, 15) is 9.90 Å². The zero-order valence-electron chi connectivity index (χ0n) is 8.24. The summed E-state index contributed by atoms with van der Waals surface area (Å²) in [5.74, 6) is 0.128. The summed E-state index contributed by atoms with van der Waals surface area (Å²) >= 11 is 0. The Morgan fingerprint density at radius 2 is 2.23 bits per heavy atom. The second kappa shape index (κ2) is 3.10. The van der Waals surface area contributed by atoms with Crippen LogP contribution in [0.2, 0.25) is 0 Å². The van der Waals surface area contributed by atoms with Crippen LogP contribution in [-0.4, -0.2) is 28.4 Å². The molecule has 0 aliphatic heterocycles. The van der Waals surface area contributed by atoms with Crippen LogP contribution in [0.4, 0.5) is 0 Å². The number of hydrogen-bond acceptors (Lipinski definition) is 3. The quantitative estimate of drug-likeness (QED) is 0.482. The van der Waals surface area contributed by atoms with Gasteiger partial charge in [0, 0.05) is 12.3 Å². The topological polar surface area (TPSA) is 75.7 Å². The van der Waals surface area contributed by atoms with E-state index < -0.39 is 5.60 Å². The molecule has 0 saturated heterocycles. The molecular weight excluding hydrogens is 168 g/mol. The van der Waals surface area contributed by atoms with Crippen molar-refractivity contribution in [3.63, 3.8) is 0 Å². The van der Waals surface area contributed by atoms with Gasteiger partial charge in [-0.2, -0.15) is 0 Å². The maximum absolute atomic E-state index is 11.5. The number of aliphatic imine (C=N–C) groups is 1. The lowest BCUT2D eigenvalue weighted by atomic mass is 10.0. The lowest BCUT2D eigenvalue weighted by Crippen LogP contribution is -2.30. The molecule has 1 aliphatic rings. The predicted molar refractivity (Wildman–Crippen MR) is 50.5 cm³/mol. The highest BCUT2D eigenvalue weighted by molar-refractivity contribution is 5.93. The van der Waals surface area contributed by atoms with Gasteiger partial charge in [0.05, 0.1) is 11.9 Å². The molecule has 1 saturated carbocycles. The van der Waals surface area contributed by atoms with Gasteiger partial charge in [0.15, 0.2) is 5.78 Å². The molecule has 1 aliphatic carbocycles. The van der Waals surface area contributed by atoms with E-state index in [0.717, 1.165) is 0 Å². The van der Waals surface area contributed by atoms with Crippen LogP contribution in [0, 0.1) is 5.92 Å². The molecule has 1 rings (SSSR count). The minimum absolute atomic E-state index is 0.137. The molecule has 0 radical (unpaired) electrons. The summed E-state index contributed by atoms with van der Waals surface area (Å²) in [5, 5.41) is 9.76. The van der Waals surface area contributed by atoms with Crippen molar-refractivity contribution in [1.29, 1.82) is 0 Å². The summed E-state index contributed by atoms with van der Waals surface area (Å²) < 4.78 is 0. The Bertz CT molecular complexity index is 256. The highest BCUT2D eigenvalue weighted by Crippen LogP contribution is 2.41. The van der Waals surface area contributed by atoms with Crippen LogP contribution in [0.3, 0.4) is 0 Å². The highest BCUT2D eigenvalue weighted by Gasteiger charge is 2.59. The fourth-order valence-electron chi connectivity index (χ4n) is 1.40. The van der Waals surface area contributed by atoms with Crippen LogP contribution in [0.1, 0.15) is 27.2 Å². The Kier molecular flexibility index (Phi) is 2.43. The van der Waals surface area contributed by atoms with Crippen molar-refractivity contribution in [3.8, 4) is 0 Å². The Morgan fingerprint density at radius 1 is 1.69 bits per heavy atom. The molecule has 0 aromatic carbocycles. The van der Waals surface area contributed by atoms with E-state index >= 15 is 0 Å². The Morgan fingerprint density at radius 3 is 2.62 bits per heavy atom. The van der Waals surface area contributed by atoms with Crippen molar-refractivity contribution in [2.75, 3.05) is 0 Å². The van der Waals surface area contributed by atoms with E-state index in [1.165, 1.54) is 0 Å². The second-order valence-corrected chi connectivity index (χ2v) is 3.93. The van der Waals surface area contributed by atoms with Gasteiger partial charge in [0.1, 0.15) is 5.60 Å². The number of aliphatic hydroxyl groups is 1. The molecule has 0 aromatic rings. The van der Waals surface area contributed by atoms with Gasteiger partial charge in [0.2, 0.25) is 0 Å². The van der Waals surface area contributed by atoms with Crippen molar-refractivity contribution < 1.29 is 9.90 Å². The maximum atomic E-state index is 11.5. The third-order valence-corrected chi connectivity index (χ3v) is 2.21. The molecule has 3 N–H and O–H groups in total. The maximum Gasteiger partial charge on any atom is 0.169 e. The standard InChI is InChI=1S/C9H16N2O2/c1-5(2)8(12)9(13)4-7(9)11-6(3)10/h5,7,13H,4H2,1-3H3,(H2,10,11). The zero-order valence-corrected chi connectivity index (χ0v) is 8.24. The molecule has 0 heterocycles. The fraction of sp³-hybridized carbons (Fsp3) is 0.778. The van der Waals surface area contributed by atoms with Gasteiger partial charge in [-0.15, -0.1) is 0 Å². The minimum atomic E-state index is -1.23. The van der Waals surface area contributed by atoms with Crippen molar-refractivity contribution in [3.05, 3.63) is 0 Å². The SMILES string of the molecule is CC(N)=NC1CC1(O)C(=O)C(C)C. The summed E-state index contributed by atoms with van der Waals surface area (Å²) in [4.78, 5) is 15.4. The van der Waals surface area contributed by atoms with E-state index in [-0.39, 0.29) is 17.7 Å². The van der Waals surface area contributed by atoms with E-state index in [1.54, 1.807) is 20.8 Å². The number of amidine groups is 1.